The Morgan fingerprint density at radius 2 is 1.82 bits per heavy atom. The fraction of sp³-hybridized carbons (Fsp3) is 0.370. The number of nitrogens with one attached hydrogen (secondary N) is 1. The van der Waals surface area contributed by atoms with Crippen molar-refractivity contribution < 1.29 is 18.4 Å². The van der Waals surface area contributed by atoms with Gasteiger partial charge in [0.1, 0.15) is 12.4 Å². The molecule has 6 rings (SSSR count). The van der Waals surface area contributed by atoms with Gasteiger partial charge in [-0.15, -0.1) is 23.1 Å². The molecule has 4 heterocycles. The van der Waals surface area contributed by atoms with Crippen LogP contribution in [-0.4, -0.2) is 48.6 Å². The Labute approximate surface area is 208 Å². The maximum atomic E-state index is 14.2. The maximum absolute atomic E-state index is 14.2. The zero-order valence-corrected chi connectivity index (χ0v) is 20.8. The Hall–Kier alpha value is -2.35. The molecule has 2 aromatic carbocycles. The number of hydrogen-bond acceptors (Lipinski definition) is 4. The monoisotopic (exact) mass is 497 g/mol. The number of piperidine rings is 3. The van der Waals surface area contributed by atoms with Gasteiger partial charge in [0.15, 0.2) is 6.10 Å². The first-order valence-electron chi connectivity index (χ1n) is 11.9. The summed E-state index contributed by atoms with van der Waals surface area (Å²) < 4.78 is 21.2. The summed E-state index contributed by atoms with van der Waals surface area (Å²) in [5.74, 6) is 1.28. The summed E-state index contributed by atoms with van der Waals surface area (Å²) in [7, 11) is 0. The molecule has 1 atom stereocenters. The highest BCUT2D eigenvalue weighted by Crippen LogP contribution is 2.36. The van der Waals surface area contributed by atoms with E-state index in [4.69, 9.17) is 4.74 Å². The third-order valence-electron chi connectivity index (χ3n) is 7.18. The molecule has 3 aromatic rings. The largest absolute Gasteiger partial charge is 0.440 e. The summed E-state index contributed by atoms with van der Waals surface area (Å²) in [4.78, 5) is 14.9. The van der Waals surface area contributed by atoms with E-state index in [1.807, 2.05) is 35.3 Å². The Balaban J connectivity index is 1.14. The predicted octanol–water partition coefficient (Wildman–Crippen LogP) is 6.18. The first kappa shape index (κ1) is 23.4. The lowest BCUT2D eigenvalue weighted by molar-refractivity contribution is -0.943. The molecule has 34 heavy (non-hydrogen) atoms. The minimum absolute atomic E-state index is 0.0291. The topological polar surface area (TPSA) is 38.3 Å². The van der Waals surface area contributed by atoms with Crippen molar-refractivity contribution in [2.75, 3.05) is 31.9 Å². The standard InChI is InChI=1S/C27H29FN2O2S2/c28-24-9-5-4-8-22(24)23-12-16-34-26(23)18-29-27(31)32-25-19-30(13-10-20(25)11-14-30)15-17-33-21-6-2-1-3-7-21/h1-9,12,16,20,25H,10-11,13-15,17-19H2/p+1. The van der Waals surface area contributed by atoms with E-state index in [9.17, 15) is 9.18 Å². The second-order valence-corrected chi connectivity index (χ2v) is 11.4. The first-order valence-corrected chi connectivity index (χ1v) is 13.8. The molecule has 1 amide bonds. The van der Waals surface area contributed by atoms with Gasteiger partial charge in [-0.05, 0) is 29.6 Å². The molecule has 3 fully saturated rings. The van der Waals surface area contributed by atoms with Crippen LogP contribution >= 0.6 is 23.1 Å². The van der Waals surface area contributed by atoms with E-state index in [0.717, 1.165) is 46.6 Å². The van der Waals surface area contributed by atoms with E-state index in [-0.39, 0.29) is 18.0 Å². The molecule has 0 spiro atoms. The number of carbonyl (C=O) groups excluding carboxylic acids is 1. The molecule has 3 aliphatic heterocycles. The van der Waals surface area contributed by atoms with E-state index < -0.39 is 0 Å². The van der Waals surface area contributed by atoms with E-state index in [2.05, 4.69) is 29.6 Å². The SMILES string of the molecule is O=C(NCc1sccc1-c1ccccc1F)OC1C[N+]2(CCSc3ccccc3)CCC1CC2. The number of amides is 1. The zero-order chi connectivity index (χ0) is 23.4. The third-order valence-corrected chi connectivity index (χ3v) is 9.09. The Morgan fingerprint density at radius 1 is 1.06 bits per heavy atom. The fourth-order valence-electron chi connectivity index (χ4n) is 5.27. The van der Waals surface area contributed by atoms with Crippen molar-refractivity contribution in [3.8, 4) is 11.1 Å². The van der Waals surface area contributed by atoms with Crippen molar-refractivity contribution in [3.05, 3.63) is 76.7 Å². The second kappa shape index (κ2) is 10.5. The number of halogens is 1. The van der Waals surface area contributed by atoms with Gasteiger partial charge in [-0.3, -0.25) is 0 Å². The molecule has 3 saturated heterocycles. The molecule has 2 bridgehead atoms. The molecule has 1 aromatic heterocycles. The number of benzene rings is 2. The smallest absolute Gasteiger partial charge is 0.407 e. The summed E-state index contributed by atoms with van der Waals surface area (Å²) in [5, 5.41) is 4.84. The van der Waals surface area contributed by atoms with E-state index >= 15 is 0 Å². The second-order valence-electron chi connectivity index (χ2n) is 9.23. The van der Waals surface area contributed by atoms with Gasteiger partial charge in [-0.1, -0.05) is 36.4 Å². The Morgan fingerprint density at radius 3 is 2.62 bits per heavy atom. The van der Waals surface area contributed by atoms with Crippen molar-refractivity contribution in [3.63, 3.8) is 0 Å². The minimum Gasteiger partial charge on any atom is -0.440 e. The molecule has 1 N–H and O–H groups in total. The molecule has 4 nitrogen and oxygen atoms in total. The van der Waals surface area contributed by atoms with Crippen LogP contribution in [0.2, 0.25) is 0 Å². The highest BCUT2D eigenvalue weighted by Gasteiger charge is 2.47. The van der Waals surface area contributed by atoms with Gasteiger partial charge in [0, 0.05) is 45.4 Å². The molecule has 0 radical (unpaired) electrons. The summed E-state index contributed by atoms with van der Waals surface area (Å²) in [6.07, 6.45) is 1.84. The van der Waals surface area contributed by atoms with E-state index in [0.29, 0.717) is 18.0 Å². The number of thiophene rings is 1. The average molecular weight is 498 g/mol. The lowest BCUT2D eigenvalue weighted by Gasteiger charge is -2.52. The fourth-order valence-corrected chi connectivity index (χ4v) is 7.16. The summed E-state index contributed by atoms with van der Waals surface area (Å²) >= 11 is 3.42. The van der Waals surface area contributed by atoms with Crippen LogP contribution in [0.5, 0.6) is 0 Å². The quantitative estimate of drug-likeness (QED) is 0.298. The number of hydrogen-bond donors (Lipinski definition) is 1. The lowest BCUT2D eigenvalue weighted by atomic mass is 9.83. The molecule has 7 heteroatoms. The number of fused-ring (bicyclic) bond motifs is 3. The minimum atomic E-state index is -0.372. The number of quaternary nitrogens is 1. The van der Waals surface area contributed by atoms with Crippen LogP contribution in [-0.2, 0) is 11.3 Å². The Bertz CT molecular complexity index is 1110. The van der Waals surface area contributed by atoms with Crippen LogP contribution in [0.3, 0.4) is 0 Å². The third kappa shape index (κ3) is 5.32. The van der Waals surface area contributed by atoms with Gasteiger partial charge in [0.25, 0.3) is 0 Å². The molecule has 1 unspecified atom stereocenters. The van der Waals surface area contributed by atoms with Crippen LogP contribution in [0.4, 0.5) is 9.18 Å². The zero-order valence-electron chi connectivity index (χ0n) is 19.1. The van der Waals surface area contributed by atoms with Crippen molar-refractivity contribution >= 4 is 29.2 Å². The van der Waals surface area contributed by atoms with E-state index in [1.54, 1.807) is 12.1 Å². The van der Waals surface area contributed by atoms with Gasteiger partial charge in [-0.25, -0.2) is 9.18 Å². The van der Waals surface area contributed by atoms with Crippen molar-refractivity contribution in [2.24, 2.45) is 5.92 Å². The van der Waals surface area contributed by atoms with Crippen LogP contribution in [0.1, 0.15) is 17.7 Å². The van der Waals surface area contributed by atoms with Gasteiger partial charge in [0.2, 0.25) is 0 Å². The Kier molecular flexibility index (Phi) is 7.23. The maximum Gasteiger partial charge on any atom is 0.407 e. The molecular weight excluding hydrogens is 467 g/mol. The van der Waals surface area contributed by atoms with Gasteiger partial charge < -0.3 is 14.5 Å². The number of rotatable bonds is 8. The highest BCUT2D eigenvalue weighted by molar-refractivity contribution is 7.99. The molecule has 0 aliphatic carbocycles. The van der Waals surface area contributed by atoms with Crippen LogP contribution < -0.4 is 5.32 Å². The number of ether oxygens (including phenoxy) is 1. The normalized spacial score (nSPS) is 23.6. The van der Waals surface area contributed by atoms with E-state index in [1.165, 1.54) is 35.4 Å². The number of alkyl carbamates (subject to hydrolysis) is 1. The average Bonchev–Trinajstić information content (AvgIpc) is 3.33. The van der Waals surface area contributed by atoms with Crippen molar-refractivity contribution in [1.82, 2.24) is 5.32 Å². The first-order chi connectivity index (χ1) is 16.6. The highest BCUT2D eigenvalue weighted by atomic mass is 32.2. The number of thioether (sulfide) groups is 1. The molecule has 3 aliphatic rings. The summed E-state index contributed by atoms with van der Waals surface area (Å²) in [5.41, 5.74) is 1.39. The molecule has 178 valence electrons. The van der Waals surface area contributed by atoms with Crippen LogP contribution in [0, 0.1) is 11.7 Å². The number of nitrogens with zero attached hydrogens (tertiary/aromatic N) is 1. The van der Waals surface area contributed by atoms with Crippen LogP contribution in [0.25, 0.3) is 11.1 Å². The van der Waals surface area contributed by atoms with Gasteiger partial charge >= 0.3 is 6.09 Å². The van der Waals surface area contributed by atoms with Crippen LogP contribution in [0.15, 0.2) is 70.9 Å². The summed E-state index contributed by atoms with van der Waals surface area (Å²) in [6, 6.07) is 19.2. The van der Waals surface area contributed by atoms with Crippen molar-refractivity contribution in [2.45, 2.75) is 30.4 Å². The van der Waals surface area contributed by atoms with Gasteiger partial charge in [0.05, 0.1) is 26.2 Å². The molecule has 0 saturated carbocycles. The lowest BCUT2D eigenvalue weighted by Crippen LogP contribution is -2.65. The number of carbonyl (C=O) groups is 1. The molecular formula is C27H30FN2O2S2+. The van der Waals surface area contributed by atoms with Gasteiger partial charge in [-0.2, -0.15) is 0 Å². The summed E-state index contributed by atoms with van der Waals surface area (Å²) in [6.45, 7) is 4.72. The predicted molar refractivity (Wildman–Crippen MR) is 136 cm³/mol. The van der Waals surface area contributed by atoms with Crippen molar-refractivity contribution in [1.29, 1.82) is 0 Å².